The molecule has 1 aliphatic heterocycles. The molecule has 0 radical (unpaired) electrons. The van der Waals surface area contributed by atoms with E-state index in [1.54, 1.807) is 34.1 Å². The first-order valence-corrected chi connectivity index (χ1v) is 8.98. The standard InChI is InChI=1S/C16H21NO3S/c1-2-20-15-5-7-16(8-6-15)21(18,19)17-11-9-14(10-12-17)13-3-4-13/h5-8H,2-4,9-12H2,1H3. The number of hydrogen-bond donors (Lipinski definition) is 0. The zero-order chi connectivity index (χ0) is 14.9. The average molecular weight is 307 g/mol. The molecule has 1 saturated heterocycles. The molecule has 0 unspecified atom stereocenters. The van der Waals surface area contributed by atoms with Gasteiger partial charge in [-0.15, -0.1) is 0 Å². The molecule has 0 spiro atoms. The Hall–Kier alpha value is -1.33. The lowest BCUT2D eigenvalue weighted by atomic mass is 10.1. The van der Waals surface area contributed by atoms with Crippen LogP contribution in [0, 0.1) is 0 Å². The normalized spacial score (nSPS) is 19.7. The van der Waals surface area contributed by atoms with Crippen LogP contribution in [0.15, 0.2) is 40.3 Å². The molecule has 0 atom stereocenters. The molecule has 5 heteroatoms. The second-order valence-corrected chi connectivity index (χ2v) is 7.45. The van der Waals surface area contributed by atoms with Gasteiger partial charge in [0.15, 0.2) is 0 Å². The summed E-state index contributed by atoms with van der Waals surface area (Å²) in [7, 11) is -3.37. The summed E-state index contributed by atoms with van der Waals surface area (Å²) in [5.41, 5.74) is 3.06. The summed E-state index contributed by atoms with van der Waals surface area (Å²) >= 11 is 0. The van der Waals surface area contributed by atoms with Gasteiger partial charge in [0.25, 0.3) is 0 Å². The van der Waals surface area contributed by atoms with Gasteiger partial charge in [-0.05, 0) is 56.9 Å². The van der Waals surface area contributed by atoms with Crippen LogP contribution in [0.4, 0.5) is 0 Å². The summed E-state index contributed by atoms with van der Waals surface area (Å²) in [6.45, 7) is 3.70. The maximum Gasteiger partial charge on any atom is 0.243 e. The quantitative estimate of drug-likeness (QED) is 0.803. The number of allylic oxidation sites excluding steroid dienone is 1. The van der Waals surface area contributed by atoms with E-state index in [4.69, 9.17) is 4.74 Å². The van der Waals surface area contributed by atoms with Gasteiger partial charge >= 0.3 is 0 Å². The summed E-state index contributed by atoms with van der Waals surface area (Å²) in [6, 6.07) is 6.71. The minimum Gasteiger partial charge on any atom is -0.494 e. The number of nitrogens with zero attached hydrogens (tertiary/aromatic N) is 1. The molecule has 114 valence electrons. The Morgan fingerprint density at radius 3 is 2.10 bits per heavy atom. The summed E-state index contributed by atoms with van der Waals surface area (Å²) in [5.74, 6) is 0.704. The van der Waals surface area contributed by atoms with E-state index in [0.717, 1.165) is 12.8 Å². The monoisotopic (exact) mass is 307 g/mol. The fourth-order valence-corrected chi connectivity index (χ4v) is 4.23. The van der Waals surface area contributed by atoms with Crippen molar-refractivity contribution in [2.75, 3.05) is 19.7 Å². The third-order valence-electron chi connectivity index (χ3n) is 4.10. The van der Waals surface area contributed by atoms with Crippen molar-refractivity contribution in [1.82, 2.24) is 4.31 Å². The van der Waals surface area contributed by atoms with Crippen molar-refractivity contribution in [2.45, 2.75) is 37.5 Å². The number of sulfonamides is 1. The minimum atomic E-state index is -3.37. The second-order valence-electron chi connectivity index (χ2n) is 5.52. The summed E-state index contributed by atoms with van der Waals surface area (Å²) in [5, 5.41) is 0. The molecule has 1 saturated carbocycles. The summed E-state index contributed by atoms with van der Waals surface area (Å²) in [4.78, 5) is 0.355. The Kier molecular flexibility index (Phi) is 4.04. The molecule has 0 amide bonds. The Bertz CT molecular complexity index is 631. The highest BCUT2D eigenvalue weighted by molar-refractivity contribution is 7.89. The van der Waals surface area contributed by atoms with Crippen LogP contribution in [0.5, 0.6) is 5.75 Å². The maximum absolute atomic E-state index is 12.6. The smallest absolute Gasteiger partial charge is 0.243 e. The van der Waals surface area contributed by atoms with Crippen LogP contribution in [0.2, 0.25) is 0 Å². The van der Waals surface area contributed by atoms with E-state index in [9.17, 15) is 8.42 Å². The van der Waals surface area contributed by atoms with Gasteiger partial charge in [0.2, 0.25) is 10.0 Å². The lowest BCUT2D eigenvalue weighted by molar-refractivity contribution is 0.340. The van der Waals surface area contributed by atoms with Crippen LogP contribution in [0.3, 0.4) is 0 Å². The van der Waals surface area contributed by atoms with Gasteiger partial charge in [-0.3, -0.25) is 0 Å². The number of ether oxygens (including phenoxy) is 1. The first kappa shape index (κ1) is 14.6. The number of rotatable bonds is 4. The van der Waals surface area contributed by atoms with Crippen molar-refractivity contribution < 1.29 is 13.2 Å². The molecule has 2 fully saturated rings. The van der Waals surface area contributed by atoms with E-state index in [1.165, 1.54) is 18.4 Å². The number of piperidine rings is 1. The predicted molar refractivity (Wildman–Crippen MR) is 81.9 cm³/mol. The Balaban J connectivity index is 1.72. The molecule has 1 aromatic rings. The van der Waals surface area contributed by atoms with Crippen molar-refractivity contribution in [3.63, 3.8) is 0 Å². The highest BCUT2D eigenvalue weighted by atomic mass is 32.2. The fourth-order valence-electron chi connectivity index (χ4n) is 2.79. The molecule has 1 aliphatic carbocycles. The Morgan fingerprint density at radius 2 is 1.57 bits per heavy atom. The van der Waals surface area contributed by atoms with Crippen LogP contribution in [0.1, 0.15) is 32.6 Å². The maximum atomic E-state index is 12.6. The van der Waals surface area contributed by atoms with Crippen LogP contribution in [0.25, 0.3) is 0 Å². The summed E-state index contributed by atoms with van der Waals surface area (Å²) < 4.78 is 32.2. The number of hydrogen-bond acceptors (Lipinski definition) is 3. The van der Waals surface area contributed by atoms with Gasteiger partial charge in [0, 0.05) is 13.1 Å². The minimum absolute atomic E-state index is 0.355. The highest BCUT2D eigenvalue weighted by Crippen LogP contribution is 2.36. The van der Waals surface area contributed by atoms with Crippen molar-refractivity contribution in [2.24, 2.45) is 0 Å². The van der Waals surface area contributed by atoms with Gasteiger partial charge in [-0.25, -0.2) is 8.42 Å². The van der Waals surface area contributed by atoms with Crippen molar-refractivity contribution in [3.8, 4) is 5.75 Å². The van der Waals surface area contributed by atoms with E-state index in [0.29, 0.717) is 30.3 Å². The third kappa shape index (κ3) is 3.14. The highest BCUT2D eigenvalue weighted by Gasteiger charge is 2.29. The van der Waals surface area contributed by atoms with E-state index < -0.39 is 10.0 Å². The SMILES string of the molecule is CCOc1ccc(S(=O)(=O)N2CCC(=C3CC3)CC2)cc1. The molecule has 0 N–H and O–H groups in total. The Morgan fingerprint density at radius 1 is 1.00 bits per heavy atom. The first-order valence-electron chi connectivity index (χ1n) is 7.54. The fraction of sp³-hybridized carbons (Fsp3) is 0.500. The largest absolute Gasteiger partial charge is 0.494 e. The van der Waals surface area contributed by atoms with E-state index in [1.807, 2.05) is 6.92 Å². The molecule has 3 rings (SSSR count). The Labute approximate surface area is 126 Å². The molecular formula is C16H21NO3S. The van der Waals surface area contributed by atoms with Crippen LogP contribution in [-0.2, 0) is 10.0 Å². The van der Waals surface area contributed by atoms with Gasteiger partial charge in [-0.1, -0.05) is 11.1 Å². The lowest BCUT2D eigenvalue weighted by Crippen LogP contribution is -2.36. The van der Waals surface area contributed by atoms with E-state index in [2.05, 4.69) is 0 Å². The molecular weight excluding hydrogens is 286 g/mol. The van der Waals surface area contributed by atoms with Crippen LogP contribution >= 0.6 is 0 Å². The molecule has 1 heterocycles. The molecule has 0 bridgehead atoms. The van der Waals surface area contributed by atoms with E-state index in [-0.39, 0.29) is 0 Å². The van der Waals surface area contributed by atoms with Crippen molar-refractivity contribution in [1.29, 1.82) is 0 Å². The molecule has 21 heavy (non-hydrogen) atoms. The van der Waals surface area contributed by atoms with Crippen molar-refractivity contribution in [3.05, 3.63) is 35.4 Å². The average Bonchev–Trinajstić information content (AvgIpc) is 3.33. The van der Waals surface area contributed by atoms with Gasteiger partial charge < -0.3 is 4.74 Å². The number of benzene rings is 1. The van der Waals surface area contributed by atoms with Crippen LogP contribution < -0.4 is 4.74 Å². The molecule has 4 nitrogen and oxygen atoms in total. The summed E-state index contributed by atoms with van der Waals surface area (Å²) in [6.07, 6.45) is 4.24. The third-order valence-corrected chi connectivity index (χ3v) is 6.01. The molecule has 1 aromatic carbocycles. The molecule has 0 aromatic heterocycles. The van der Waals surface area contributed by atoms with E-state index >= 15 is 0 Å². The van der Waals surface area contributed by atoms with Crippen LogP contribution in [-0.4, -0.2) is 32.4 Å². The lowest BCUT2D eigenvalue weighted by Gasteiger charge is -2.27. The molecule has 2 aliphatic rings. The first-order chi connectivity index (χ1) is 10.1. The van der Waals surface area contributed by atoms with Crippen molar-refractivity contribution >= 4 is 10.0 Å². The zero-order valence-electron chi connectivity index (χ0n) is 12.3. The van der Waals surface area contributed by atoms with Gasteiger partial charge in [-0.2, -0.15) is 4.31 Å². The zero-order valence-corrected chi connectivity index (χ0v) is 13.2. The predicted octanol–water partition coefficient (Wildman–Crippen LogP) is 2.96. The van der Waals surface area contributed by atoms with Gasteiger partial charge in [0.1, 0.15) is 5.75 Å². The van der Waals surface area contributed by atoms with Gasteiger partial charge in [0.05, 0.1) is 11.5 Å². The second kappa shape index (κ2) is 5.81. The topological polar surface area (TPSA) is 46.6 Å².